The van der Waals surface area contributed by atoms with Gasteiger partial charge in [0.25, 0.3) is 0 Å². The van der Waals surface area contributed by atoms with Crippen molar-refractivity contribution in [3.05, 3.63) is 24.8 Å². The molecule has 0 radical (unpaired) electrons. The number of fused-ring (bicyclic) bond motifs is 2. The van der Waals surface area contributed by atoms with Gasteiger partial charge < -0.3 is 9.47 Å². The summed E-state index contributed by atoms with van der Waals surface area (Å²) in [7, 11) is 3.07. The first kappa shape index (κ1) is 14.2. The number of Topliss-reactive ketones (excluding diaryl/α,β-unsaturated/α-hetero) is 2. The molecule has 1 fully saturated rings. The minimum Gasteiger partial charge on any atom is -0.371 e. The number of hydrogen-bond acceptors (Lipinski definition) is 4. The maximum absolute atomic E-state index is 12.8. The average Bonchev–Trinajstić information content (AvgIpc) is 2.42. The lowest BCUT2D eigenvalue weighted by Gasteiger charge is -2.55. The summed E-state index contributed by atoms with van der Waals surface area (Å²) < 4.78 is 11.2. The first-order valence-corrected chi connectivity index (χ1v) is 6.43. The number of allylic oxidation sites excluding steroid dienone is 1. The van der Waals surface area contributed by atoms with Crippen molar-refractivity contribution in [1.82, 2.24) is 0 Å². The van der Waals surface area contributed by atoms with Gasteiger partial charge in [0.1, 0.15) is 11.4 Å². The van der Waals surface area contributed by atoms with Crippen LogP contribution in [0, 0.1) is 11.8 Å². The Morgan fingerprint density at radius 1 is 1.53 bits per heavy atom. The van der Waals surface area contributed by atoms with Crippen LogP contribution in [0.25, 0.3) is 0 Å². The molecule has 0 saturated heterocycles. The Bertz CT molecular complexity index is 453. The lowest BCUT2D eigenvalue weighted by atomic mass is 9.56. The largest absolute Gasteiger partial charge is 0.371 e. The Labute approximate surface area is 113 Å². The molecule has 1 saturated carbocycles. The van der Waals surface area contributed by atoms with E-state index in [1.54, 1.807) is 19.3 Å². The smallest absolute Gasteiger partial charge is 0.175 e. The molecule has 0 N–H and O–H groups in total. The van der Waals surface area contributed by atoms with Crippen molar-refractivity contribution in [2.75, 3.05) is 14.2 Å². The molecule has 4 heteroatoms. The second-order valence-corrected chi connectivity index (χ2v) is 5.29. The van der Waals surface area contributed by atoms with Crippen molar-refractivity contribution in [1.29, 1.82) is 0 Å². The molecule has 0 spiro atoms. The molecule has 4 nitrogen and oxygen atoms in total. The summed E-state index contributed by atoms with van der Waals surface area (Å²) in [6, 6.07) is 0. The Kier molecular flexibility index (Phi) is 3.49. The summed E-state index contributed by atoms with van der Waals surface area (Å²) in [4.78, 5) is 24.5. The van der Waals surface area contributed by atoms with E-state index < -0.39 is 17.1 Å². The van der Waals surface area contributed by atoms with Gasteiger partial charge in [-0.05, 0) is 13.3 Å². The normalized spacial score (nSPS) is 40.5. The first-order valence-electron chi connectivity index (χ1n) is 6.43. The molecule has 0 aromatic heterocycles. The Morgan fingerprint density at radius 3 is 2.68 bits per heavy atom. The molecule has 3 aliphatic rings. The molecular formula is C15H20O4. The maximum Gasteiger partial charge on any atom is 0.175 e. The number of rotatable bonds is 5. The molecule has 4 atom stereocenters. The summed E-state index contributed by atoms with van der Waals surface area (Å²) in [5.41, 5.74) is -1.94. The molecular weight excluding hydrogens is 244 g/mol. The average molecular weight is 264 g/mol. The standard InChI is InChI=1S/C15H20O4/c1-5-7-15(19-4)13(17)11-6-8-14(15,18-3)9-12(11)10(2)16/h5-6,8,11-12H,1,7,9H2,2-4H3/t11-,12+,14-,15+/m0/s1. The van der Waals surface area contributed by atoms with Crippen LogP contribution in [0.5, 0.6) is 0 Å². The highest BCUT2D eigenvalue weighted by molar-refractivity contribution is 5.99. The Hall–Kier alpha value is -1.26. The van der Waals surface area contributed by atoms with Crippen LogP contribution in [-0.4, -0.2) is 37.0 Å². The molecule has 104 valence electrons. The molecule has 0 unspecified atom stereocenters. The monoisotopic (exact) mass is 264 g/mol. The van der Waals surface area contributed by atoms with Crippen LogP contribution in [0.1, 0.15) is 19.8 Å². The Balaban J connectivity index is 2.56. The van der Waals surface area contributed by atoms with Crippen LogP contribution in [0.4, 0.5) is 0 Å². The summed E-state index contributed by atoms with van der Waals surface area (Å²) in [5.74, 6) is -0.780. The zero-order chi connectivity index (χ0) is 14.3. The van der Waals surface area contributed by atoms with Crippen LogP contribution in [0.2, 0.25) is 0 Å². The van der Waals surface area contributed by atoms with Crippen LogP contribution < -0.4 is 0 Å². The third kappa shape index (κ3) is 1.66. The number of carbonyl (C=O) groups is 2. The lowest BCUT2D eigenvalue weighted by Crippen LogP contribution is -2.69. The highest BCUT2D eigenvalue weighted by Gasteiger charge is 2.65. The highest BCUT2D eigenvalue weighted by Crippen LogP contribution is 2.52. The lowest BCUT2D eigenvalue weighted by molar-refractivity contribution is -0.202. The van der Waals surface area contributed by atoms with E-state index in [1.165, 1.54) is 14.0 Å². The minimum absolute atomic E-state index is 0.0208. The third-order valence-corrected chi connectivity index (χ3v) is 4.58. The van der Waals surface area contributed by atoms with Gasteiger partial charge in [0, 0.05) is 32.5 Å². The number of hydrogen-bond donors (Lipinski definition) is 0. The van der Waals surface area contributed by atoms with Gasteiger partial charge in [-0.15, -0.1) is 6.58 Å². The molecule has 3 aliphatic carbocycles. The van der Waals surface area contributed by atoms with Crippen molar-refractivity contribution in [2.24, 2.45) is 11.8 Å². The van der Waals surface area contributed by atoms with E-state index in [9.17, 15) is 9.59 Å². The zero-order valence-electron chi connectivity index (χ0n) is 11.6. The fourth-order valence-electron chi connectivity index (χ4n) is 3.51. The van der Waals surface area contributed by atoms with Gasteiger partial charge in [-0.25, -0.2) is 0 Å². The van der Waals surface area contributed by atoms with Gasteiger partial charge >= 0.3 is 0 Å². The number of ether oxygens (including phenoxy) is 2. The number of carbonyl (C=O) groups excluding carboxylic acids is 2. The summed E-state index contributed by atoms with van der Waals surface area (Å²) in [6.45, 7) is 5.23. The van der Waals surface area contributed by atoms with E-state index >= 15 is 0 Å². The summed E-state index contributed by atoms with van der Waals surface area (Å²) in [5, 5.41) is 0. The van der Waals surface area contributed by atoms with Crippen LogP contribution in [0.3, 0.4) is 0 Å². The van der Waals surface area contributed by atoms with E-state index in [2.05, 4.69) is 6.58 Å². The van der Waals surface area contributed by atoms with E-state index in [1.807, 2.05) is 6.08 Å². The first-order chi connectivity index (χ1) is 8.98. The Morgan fingerprint density at radius 2 is 2.21 bits per heavy atom. The van der Waals surface area contributed by atoms with Crippen LogP contribution in [0.15, 0.2) is 24.8 Å². The fourth-order valence-corrected chi connectivity index (χ4v) is 3.51. The third-order valence-electron chi connectivity index (χ3n) is 4.58. The van der Waals surface area contributed by atoms with Gasteiger partial charge in [0.2, 0.25) is 0 Å². The van der Waals surface area contributed by atoms with E-state index in [0.717, 1.165) is 0 Å². The number of methoxy groups -OCH3 is 2. The van der Waals surface area contributed by atoms with Gasteiger partial charge in [-0.3, -0.25) is 9.59 Å². The van der Waals surface area contributed by atoms with Crippen molar-refractivity contribution in [2.45, 2.75) is 31.0 Å². The minimum atomic E-state index is -1.06. The van der Waals surface area contributed by atoms with Gasteiger partial charge in [0.15, 0.2) is 11.4 Å². The summed E-state index contributed by atoms with van der Waals surface area (Å²) in [6.07, 6.45) is 6.20. The predicted octanol–water partition coefficient (Wildman–Crippen LogP) is 1.70. The molecule has 0 aromatic carbocycles. The SMILES string of the molecule is C=CC[C@@]1(OC)C(=O)[C@H]2C=C[C@]1(OC)C[C@@H]2C(C)=O. The predicted molar refractivity (Wildman–Crippen MR) is 70.7 cm³/mol. The van der Waals surface area contributed by atoms with Crippen molar-refractivity contribution in [3.8, 4) is 0 Å². The van der Waals surface area contributed by atoms with Crippen LogP contribution >= 0.6 is 0 Å². The quantitative estimate of drug-likeness (QED) is 0.709. The zero-order valence-corrected chi connectivity index (χ0v) is 11.6. The van der Waals surface area contributed by atoms with Crippen LogP contribution in [-0.2, 0) is 19.1 Å². The molecule has 0 amide bonds. The summed E-state index contributed by atoms with van der Waals surface area (Å²) >= 11 is 0. The van der Waals surface area contributed by atoms with Crippen molar-refractivity contribution in [3.63, 3.8) is 0 Å². The second kappa shape index (κ2) is 4.69. The van der Waals surface area contributed by atoms with E-state index in [0.29, 0.717) is 12.8 Å². The van der Waals surface area contributed by atoms with Crippen molar-refractivity contribution >= 4 is 11.6 Å². The molecule has 19 heavy (non-hydrogen) atoms. The van der Waals surface area contributed by atoms with E-state index in [4.69, 9.17) is 9.47 Å². The van der Waals surface area contributed by atoms with Gasteiger partial charge in [0.05, 0.1) is 0 Å². The van der Waals surface area contributed by atoms with Gasteiger partial charge in [-0.2, -0.15) is 0 Å². The second-order valence-electron chi connectivity index (χ2n) is 5.29. The van der Waals surface area contributed by atoms with E-state index in [-0.39, 0.29) is 17.5 Å². The molecule has 2 bridgehead atoms. The molecule has 0 aromatic rings. The topological polar surface area (TPSA) is 52.6 Å². The molecule has 0 heterocycles. The highest BCUT2D eigenvalue weighted by atomic mass is 16.6. The molecule has 3 rings (SSSR count). The fraction of sp³-hybridized carbons (Fsp3) is 0.600. The van der Waals surface area contributed by atoms with Gasteiger partial charge in [-0.1, -0.05) is 18.2 Å². The maximum atomic E-state index is 12.8. The molecule has 0 aliphatic heterocycles. The van der Waals surface area contributed by atoms with Crippen molar-refractivity contribution < 1.29 is 19.1 Å². The number of ketones is 2.